The molecule has 0 aliphatic heterocycles. The molecule has 0 bridgehead atoms. The van der Waals surface area contributed by atoms with Crippen molar-refractivity contribution in [1.29, 1.82) is 0 Å². The second kappa shape index (κ2) is 6.72. The third kappa shape index (κ3) is 4.16. The maximum Gasteiger partial charge on any atom is 0.0406 e. The van der Waals surface area contributed by atoms with Crippen molar-refractivity contribution < 1.29 is 0 Å². The molecule has 0 radical (unpaired) electrons. The number of hydrogen-bond donors (Lipinski definition) is 1. The van der Waals surface area contributed by atoms with Crippen LogP contribution in [0.5, 0.6) is 0 Å². The van der Waals surface area contributed by atoms with Gasteiger partial charge in [-0.05, 0) is 67.3 Å². The number of hydrogen-bond acceptors (Lipinski definition) is 2. The first-order valence-corrected chi connectivity index (χ1v) is 8.78. The van der Waals surface area contributed by atoms with E-state index in [2.05, 4.69) is 32.9 Å². The minimum absolute atomic E-state index is 0.401. The molecule has 3 atom stereocenters. The van der Waals surface area contributed by atoms with Gasteiger partial charge in [0, 0.05) is 15.2 Å². The zero-order valence-corrected chi connectivity index (χ0v) is 14.3. The summed E-state index contributed by atoms with van der Waals surface area (Å²) in [5.74, 6) is 1.45. The van der Waals surface area contributed by atoms with Crippen LogP contribution >= 0.6 is 23.4 Å². The van der Waals surface area contributed by atoms with Gasteiger partial charge in [0.15, 0.2) is 0 Å². The molecule has 1 nitrogen and oxygen atoms in total. The van der Waals surface area contributed by atoms with Crippen LogP contribution in [0.15, 0.2) is 29.2 Å². The molecule has 0 spiro atoms. The van der Waals surface area contributed by atoms with E-state index >= 15 is 0 Å². The van der Waals surface area contributed by atoms with Crippen molar-refractivity contribution in [3.63, 3.8) is 0 Å². The van der Waals surface area contributed by atoms with Crippen LogP contribution in [0.25, 0.3) is 0 Å². The van der Waals surface area contributed by atoms with Gasteiger partial charge in [-0.15, -0.1) is 11.8 Å². The summed E-state index contributed by atoms with van der Waals surface area (Å²) < 4.78 is 0. The number of nitrogens with two attached hydrogens (primary N) is 1. The summed E-state index contributed by atoms with van der Waals surface area (Å²) in [6.07, 6.45) is 3.87. The highest BCUT2D eigenvalue weighted by molar-refractivity contribution is 8.00. The highest BCUT2D eigenvalue weighted by atomic mass is 35.5. The minimum Gasteiger partial charge on any atom is -0.330 e. The molecule has 20 heavy (non-hydrogen) atoms. The Balaban J connectivity index is 2.07. The molecule has 1 saturated carbocycles. The van der Waals surface area contributed by atoms with Crippen LogP contribution < -0.4 is 5.73 Å². The molecule has 3 unspecified atom stereocenters. The van der Waals surface area contributed by atoms with Crippen molar-refractivity contribution in [3.05, 3.63) is 29.3 Å². The second-order valence-electron chi connectivity index (χ2n) is 6.98. The quantitative estimate of drug-likeness (QED) is 0.828. The Labute approximate surface area is 132 Å². The number of benzene rings is 1. The molecule has 0 amide bonds. The normalized spacial score (nSPS) is 27.6. The summed E-state index contributed by atoms with van der Waals surface area (Å²) >= 11 is 7.95. The molecule has 1 aliphatic rings. The summed E-state index contributed by atoms with van der Waals surface area (Å²) in [6, 6.07) is 8.21. The standard InChI is InChI=1S/C17H26ClNS/c1-17(2,3)13-5-4-12(11-19)16(10-13)20-15-8-6-14(18)7-9-15/h6-9,12-13,16H,4-5,10-11,19H2,1-3H3. The van der Waals surface area contributed by atoms with E-state index in [0.717, 1.165) is 17.5 Å². The van der Waals surface area contributed by atoms with Crippen molar-refractivity contribution in [2.75, 3.05) is 6.54 Å². The molecule has 1 aliphatic carbocycles. The molecule has 1 aromatic carbocycles. The molecular weight excluding hydrogens is 286 g/mol. The van der Waals surface area contributed by atoms with E-state index in [0.29, 0.717) is 16.6 Å². The van der Waals surface area contributed by atoms with E-state index in [1.54, 1.807) is 0 Å². The number of rotatable bonds is 3. The van der Waals surface area contributed by atoms with Gasteiger partial charge in [0.25, 0.3) is 0 Å². The van der Waals surface area contributed by atoms with Crippen molar-refractivity contribution in [1.82, 2.24) is 0 Å². The fourth-order valence-electron chi connectivity index (χ4n) is 3.08. The van der Waals surface area contributed by atoms with E-state index in [9.17, 15) is 0 Å². The first-order chi connectivity index (χ1) is 9.40. The monoisotopic (exact) mass is 311 g/mol. The lowest BCUT2D eigenvalue weighted by Gasteiger charge is -2.41. The fraction of sp³-hybridized carbons (Fsp3) is 0.647. The van der Waals surface area contributed by atoms with Crippen LogP contribution in [0.2, 0.25) is 5.02 Å². The first-order valence-electron chi connectivity index (χ1n) is 7.52. The van der Waals surface area contributed by atoms with Gasteiger partial charge >= 0.3 is 0 Å². The third-order valence-electron chi connectivity index (χ3n) is 4.56. The maximum absolute atomic E-state index is 5.99. The van der Waals surface area contributed by atoms with Gasteiger partial charge in [-0.1, -0.05) is 32.4 Å². The SMILES string of the molecule is CC(C)(C)C1CCC(CN)C(Sc2ccc(Cl)cc2)C1. The molecule has 1 aromatic rings. The summed E-state index contributed by atoms with van der Waals surface area (Å²) in [5, 5.41) is 1.44. The Hall–Kier alpha value is -0.180. The van der Waals surface area contributed by atoms with E-state index in [1.807, 2.05) is 23.9 Å². The lowest BCUT2D eigenvalue weighted by Crippen LogP contribution is -2.36. The van der Waals surface area contributed by atoms with Gasteiger partial charge in [-0.25, -0.2) is 0 Å². The first kappa shape index (κ1) is 16.2. The van der Waals surface area contributed by atoms with Crippen LogP contribution in [0.3, 0.4) is 0 Å². The summed E-state index contributed by atoms with van der Waals surface area (Å²) in [4.78, 5) is 1.31. The Morgan fingerprint density at radius 2 is 1.85 bits per heavy atom. The molecule has 0 heterocycles. The van der Waals surface area contributed by atoms with Crippen molar-refractivity contribution in [2.45, 2.75) is 50.2 Å². The molecule has 0 aromatic heterocycles. The van der Waals surface area contributed by atoms with Crippen molar-refractivity contribution >= 4 is 23.4 Å². The molecule has 112 valence electrons. The lowest BCUT2D eigenvalue weighted by molar-refractivity contribution is 0.157. The van der Waals surface area contributed by atoms with Gasteiger partial charge in [0.2, 0.25) is 0 Å². The summed E-state index contributed by atoms with van der Waals surface area (Å²) in [5.41, 5.74) is 6.39. The van der Waals surface area contributed by atoms with Gasteiger partial charge in [-0.3, -0.25) is 0 Å². The van der Waals surface area contributed by atoms with Gasteiger partial charge in [0.05, 0.1) is 0 Å². The Morgan fingerprint density at radius 1 is 1.20 bits per heavy atom. The lowest BCUT2D eigenvalue weighted by atomic mass is 9.69. The third-order valence-corrected chi connectivity index (χ3v) is 6.23. The predicted molar refractivity (Wildman–Crippen MR) is 90.4 cm³/mol. The van der Waals surface area contributed by atoms with Crippen LogP contribution in [0.4, 0.5) is 0 Å². The Bertz CT molecular complexity index is 424. The zero-order valence-electron chi connectivity index (χ0n) is 12.7. The van der Waals surface area contributed by atoms with E-state index in [1.165, 1.54) is 24.2 Å². The highest BCUT2D eigenvalue weighted by Crippen LogP contribution is 2.45. The van der Waals surface area contributed by atoms with Gasteiger partial charge < -0.3 is 5.73 Å². The fourth-order valence-corrected chi connectivity index (χ4v) is 4.62. The summed E-state index contributed by atoms with van der Waals surface area (Å²) in [6.45, 7) is 7.90. The molecule has 2 N–H and O–H groups in total. The van der Waals surface area contributed by atoms with E-state index in [-0.39, 0.29) is 0 Å². The van der Waals surface area contributed by atoms with E-state index in [4.69, 9.17) is 17.3 Å². The Kier molecular flexibility index (Phi) is 5.44. The molecule has 1 fully saturated rings. The van der Waals surface area contributed by atoms with Gasteiger partial charge in [0.1, 0.15) is 0 Å². The number of halogens is 1. The summed E-state index contributed by atoms with van der Waals surface area (Å²) in [7, 11) is 0. The second-order valence-corrected chi connectivity index (χ2v) is 8.73. The van der Waals surface area contributed by atoms with Crippen LogP contribution in [-0.4, -0.2) is 11.8 Å². The van der Waals surface area contributed by atoms with Crippen molar-refractivity contribution in [2.24, 2.45) is 23.0 Å². The van der Waals surface area contributed by atoms with E-state index < -0.39 is 0 Å². The van der Waals surface area contributed by atoms with Crippen LogP contribution in [-0.2, 0) is 0 Å². The topological polar surface area (TPSA) is 26.0 Å². The predicted octanol–water partition coefficient (Wildman–Crippen LogP) is 5.22. The molecule has 2 rings (SSSR count). The smallest absolute Gasteiger partial charge is 0.0406 e. The number of thioether (sulfide) groups is 1. The highest BCUT2D eigenvalue weighted by Gasteiger charge is 2.35. The molecule has 3 heteroatoms. The van der Waals surface area contributed by atoms with Crippen LogP contribution in [0, 0.1) is 17.3 Å². The Morgan fingerprint density at radius 3 is 2.40 bits per heavy atom. The molecule has 0 saturated heterocycles. The molecular formula is C17H26ClNS. The maximum atomic E-state index is 5.99. The van der Waals surface area contributed by atoms with Gasteiger partial charge in [-0.2, -0.15) is 0 Å². The minimum atomic E-state index is 0.401. The zero-order chi connectivity index (χ0) is 14.8. The average Bonchev–Trinajstić information content (AvgIpc) is 2.40. The average molecular weight is 312 g/mol. The van der Waals surface area contributed by atoms with Crippen LogP contribution in [0.1, 0.15) is 40.0 Å². The van der Waals surface area contributed by atoms with Crippen molar-refractivity contribution in [3.8, 4) is 0 Å². The largest absolute Gasteiger partial charge is 0.330 e.